The Labute approximate surface area is 155 Å². The Morgan fingerprint density at radius 1 is 1.08 bits per heavy atom. The largest absolute Gasteiger partial charge is 0.350 e. The first-order valence-corrected chi connectivity index (χ1v) is 8.36. The molecule has 0 aliphatic rings. The number of carbonyl (C=O) groups is 1. The van der Waals surface area contributed by atoms with Crippen LogP contribution in [0.4, 0.5) is 15.9 Å². The lowest BCUT2D eigenvalue weighted by Crippen LogP contribution is -2.26. The Morgan fingerprint density at radius 3 is 2.73 bits per heavy atom. The maximum Gasteiger partial charge on any atom is 0.270 e. The molecule has 7 heteroatoms. The molecule has 0 atom stereocenters. The molecule has 0 saturated carbocycles. The second kappa shape index (κ2) is 8.40. The number of anilines is 2. The van der Waals surface area contributed by atoms with Crippen LogP contribution in [0.1, 0.15) is 16.1 Å². The Morgan fingerprint density at radius 2 is 1.92 bits per heavy atom. The zero-order valence-corrected chi connectivity index (χ0v) is 14.5. The summed E-state index contributed by atoms with van der Waals surface area (Å²) in [7, 11) is 0. The van der Waals surface area contributed by atoms with Crippen LogP contribution in [0.2, 0.25) is 5.02 Å². The summed E-state index contributed by atoms with van der Waals surface area (Å²) in [6.45, 7) is 0.444. The molecule has 1 amide bonds. The SMILES string of the molecule is O=C(NCCc1cccc(Cl)c1)c1cc(Nc2ccccc2F)ncn1. The van der Waals surface area contributed by atoms with E-state index in [9.17, 15) is 9.18 Å². The minimum Gasteiger partial charge on any atom is -0.350 e. The van der Waals surface area contributed by atoms with Gasteiger partial charge >= 0.3 is 0 Å². The molecule has 0 aliphatic heterocycles. The fourth-order valence-electron chi connectivity index (χ4n) is 2.35. The van der Waals surface area contributed by atoms with Crippen LogP contribution >= 0.6 is 11.6 Å². The second-order valence-electron chi connectivity index (χ2n) is 5.53. The van der Waals surface area contributed by atoms with Gasteiger partial charge in [-0.2, -0.15) is 0 Å². The Balaban J connectivity index is 1.60. The van der Waals surface area contributed by atoms with Gasteiger partial charge in [0.25, 0.3) is 5.91 Å². The molecule has 2 N–H and O–H groups in total. The maximum atomic E-state index is 13.7. The smallest absolute Gasteiger partial charge is 0.270 e. The zero-order valence-electron chi connectivity index (χ0n) is 13.7. The van der Waals surface area contributed by atoms with Gasteiger partial charge in [0.05, 0.1) is 5.69 Å². The molecule has 3 aromatic rings. The first-order chi connectivity index (χ1) is 12.6. The summed E-state index contributed by atoms with van der Waals surface area (Å²) in [6, 6.07) is 15.2. The third-order valence-corrected chi connectivity index (χ3v) is 3.86. The van der Waals surface area contributed by atoms with Crippen molar-refractivity contribution in [3.63, 3.8) is 0 Å². The Bertz CT molecular complexity index is 919. The van der Waals surface area contributed by atoms with E-state index in [0.29, 0.717) is 23.8 Å². The Kier molecular flexibility index (Phi) is 5.76. The highest BCUT2D eigenvalue weighted by Crippen LogP contribution is 2.18. The number of benzene rings is 2. The molecular weight excluding hydrogens is 355 g/mol. The van der Waals surface area contributed by atoms with E-state index in [4.69, 9.17) is 11.6 Å². The van der Waals surface area contributed by atoms with Crippen LogP contribution in [0.15, 0.2) is 60.9 Å². The number of nitrogens with one attached hydrogen (secondary N) is 2. The average molecular weight is 371 g/mol. The molecule has 1 heterocycles. The van der Waals surface area contributed by atoms with Crippen LogP contribution in [0, 0.1) is 5.82 Å². The van der Waals surface area contributed by atoms with Crippen LogP contribution < -0.4 is 10.6 Å². The summed E-state index contributed by atoms with van der Waals surface area (Å²) in [6.07, 6.45) is 1.91. The predicted octanol–water partition coefficient (Wildman–Crippen LogP) is 3.99. The van der Waals surface area contributed by atoms with E-state index in [1.807, 2.05) is 18.2 Å². The summed E-state index contributed by atoms with van der Waals surface area (Å²) in [5, 5.41) is 6.29. The standard InChI is InChI=1S/C19H16ClFN4O/c20-14-5-3-4-13(10-14)8-9-22-19(26)17-11-18(24-12-23-17)25-16-7-2-1-6-15(16)21/h1-7,10-12H,8-9H2,(H,22,26)(H,23,24,25). The monoisotopic (exact) mass is 370 g/mol. The maximum absolute atomic E-state index is 13.7. The zero-order chi connectivity index (χ0) is 18.4. The minimum atomic E-state index is -0.404. The number of hydrogen-bond donors (Lipinski definition) is 2. The van der Waals surface area contributed by atoms with Crippen molar-refractivity contribution in [3.8, 4) is 0 Å². The topological polar surface area (TPSA) is 66.9 Å². The summed E-state index contributed by atoms with van der Waals surface area (Å²) >= 11 is 5.94. The van der Waals surface area contributed by atoms with Crippen LogP contribution in [-0.4, -0.2) is 22.4 Å². The van der Waals surface area contributed by atoms with Gasteiger partial charge in [0.15, 0.2) is 0 Å². The highest BCUT2D eigenvalue weighted by molar-refractivity contribution is 6.30. The number of amides is 1. The van der Waals surface area contributed by atoms with E-state index in [0.717, 1.165) is 5.56 Å². The van der Waals surface area contributed by atoms with Crippen molar-refractivity contribution in [2.75, 3.05) is 11.9 Å². The van der Waals surface area contributed by atoms with Gasteiger partial charge in [-0.3, -0.25) is 4.79 Å². The third-order valence-electron chi connectivity index (χ3n) is 3.62. The van der Waals surface area contributed by atoms with Gasteiger partial charge in [-0.15, -0.1) is 0 Å². The molecule has 0 radical (unpaired) electrons. The quantitative estimate of drug-likeness (QED) is 0.688. The van der Waals surface area contributed by atoms with E-state index in [-0.39, 0.29) is 17.3 Å². The van der Waals surface area contributed by atoms with E-state index < -0.39 is 5.82 Å². The molecule has 2 aromatic carbocycles. The molecule has 26 heavy (non-hydrogen) atoms. The van der Waals surface area contributed by atoms with Crippen molar-refractivity contribution in [2.24, 2.45) is 0 Å². The summed E-state index contributed by atoms with van der Waals surface area (Å²) < 4.78 is 13.7. The summed E-state index contributed by atoms with van der Waals surface area (Å²) in [5.74, 6) is -0.394. The number of carbonyl (C=O) groups excluding carboxylic acids is 1. The van der Waals surface area contributed by atoms with Gasteiger partial charge in [-0.05, 0) is 36.2 Å². The second-order valence-corrected chi connectivity index (χ2v) is 5.97. The first kappa shape index (κ1) is 17.8. The number of para-hydroxylation sites is 1. The predicted molar refractivity (Wildman–Crippen MR) is 99.2 cm³/mol. The molecule has 0 spiro atoms. The summed E-state index contributed by atoms with van der Waals surface area (Å²) in [4.78, 5) is 20.2. The van der Waals surface area contributed by atoms with Crippen molar-refractivity contribution in [3.05, 3.63) is 83.0 Å². The molecule has 0 aliphatic carbocycles. The number of halogens is 2. The average Bonchev–Trinajstić information content (AvgIpc) is 2.64. The van der Waals surface area contributed by atoms with E-state index >= 15 is 0 Å². The minimum absolute atomic E-state index is 0.199. The van der Waals surface area contributed by atoms with Crippen LogP contribution in [-0.2, 0) is 6.42 Å². The molecule has 0 unspecified atom stereocenters. The van der Waals surface area contributed by atoms with Gasteiger partial charge in [0.1, 0.15) is 23.7 Å². The normalized spacial score (nSPS) is 10.4. The number of nitrogens with zero attached hydrogens (tertiary/aromatic N) is 2. The van der Waals surface area contributed by atoms with Gasteiger partial charge in [0, 0.05) is 17.6 Å². The van der Waals surface area contributed by atoms with Crippen molar-refractivity contribution in [1.29, 1.82) is 0 Å². The number of aromatic nitrogens is 2. The Hall–Kier alpha value is -2.99. The fourth-order valence-corrected chi connectivity index (χ4v) is 2.57. The molecule has 0 saturated heterocycles. The fraction of sp³-hybridized carbons (Fsp3) is 0.105. The van der Waals surface area contributed by atoms with Gasteiger partial charge in [-0.25, -0.2) is 14.4 Å². The van der Waals surface area contributed by atoms with E-state index in [1.54, 1.807) is 24.3 Å². The van der Waals surface area contributed by atoms with Crippen molar-refractivity contribution < 1.29 is 9.18 Å². The number of hydrogen-bond acceptors (Lipinski definition) is 4. The van der Waals surface area contributed by atoms with Gasteiger partial charge in [-0.1, -0.05) is 35.9 Å². The molecule has 3 rings (SSSR count). The van der Waals surface area contributed by atoms with Crippen LogP contribution in [0.25, 0.3) is 0 Å². The lowest BCUT2D eigenvalue weighted by Gasteiger charge is -2.08. The highest BCUT2D eigenvalue weighted by atomic mass is 35.5. The van der Waals surface area contributed by atoms with Crippen molar-refractivity contribution >= 4 is 29.0 Å². The molecule has 5 nitrogen and oxygen atoms in total. The molecule has 0 fully saturated rings. The lowest BCUT2D eigenvalue weighted by molar-refractivity contribution is 0.0949. The van der Waals surface area contributed by atoms with Crippen molar-refractivity contribution in [2.45, 2.75) is 6.42 Å². The summed E-state index contributed by atoms with van der Waals surface area (Å²) in [5.41, 5.74) is 1.51. The third kappa shape index (κ3) is 4.77. The lowest BCUT2D eigenvalue weighted by atomic mass is 10.1. The first-order valence-electron chi connectivity index (χ1n) is 7.98. The number of rotatable bonds is 6. The van der Waals surface area contributed by atoms with E-state index in [2.05, 4.69) is 20.6 Å². The molecular formula is C19H16ClFN4O. The van der Waals surface area contributed by atoms with Gasteiger partial charge < -0.3 is 10.6 Å². The molecule has 0 bridgehead atoms. The van der Waals surface area contributed by atoms with E-state index in [1.165, 1.54) is 18.5 Å². The highest BCUT2D eigenvalue weighted by Gasteiger charge is 2.09. The van der Waals surface area contributed by atoms with Crippen molar-refractivity contribution in [1.82, 2.24) is 15.3 Å². The van der Waals surface area contributed by atoms with Gasteiger partial charge in [0.2, 0.25) is 0 Å². The van der Waals surface area contributed by atoms with Crippen LogP contribution in [0.5, 0.6) is 0 Å². The molecule has 132 valence electrons. The molecule has 1 aromatic heterocycles. The van der Waals surface area contributed by atoms with Crippen LogP contribution in [0.3, 0.4) is 0 Å².